The summed E-state index contributed by atoms with van der Waals surface area (Å²) >= 11 is 6.02. The van der Waals surface area contributed by atoms with Crippen molar-refractivity contribution in [3.8, 4) is 11.8 Å². The van der Waals surface area contributed by atoms with Gasteiger partial charge >= 0.3 is 0 Å². The van der Waals surface area contributed by atoms with Crippen LogP contribution < -0.4 is 4.72 Å². The molecule has 0 amide bonds. The van der Waals surface area contributed by atoms with Crippen LogP contribution in [-0.4, -0.2) is 39.9 Å². The van der Waals surface area contributed by atoms with Crippen LogP contribution in [0.25, 0.3) is 0 Å². The van der Waals surface area contributed by atoms with Gasteiger partial charge in [-0.1, -0.05) is 30.4 Å². The van der Waals surface area contributed by atoms with Crippen molar-refractivity contribution >= 4 is 21.6 Å². The van der Waals surface area contributed by atoms with Crippen LogP contribution in [0.2, 0.25) is 5.02 Å². The Kier molecular flexibility index (Phi) is 7.15. The molecule has 2 N–H and O–H groups in total. The van der Waals surface area contributed by atoms with Crippen LogP contribution in [0, 0.1) is 11.8 Å². The number of benzene rings is 1. The Bertz CT molecular complexity index is 634. The zero-order valence-corrected chi connectivity index (χ0v) is 13.5. The van der Waals surface area contributed by atoms with Crippen molar-refractivity contribution in [3.63, 3.8) is 0 Å². The average molecular weight is 332 g/mol. The average Bonchev–Trinajstić information content (AvgIpc) is 2.44. The van der Waals surface area contributed by atoms with Crippen LogP contribution in [0.15, 0.2) is 23.1 Å². The molecule has 1 unspecified atom stereocenters. The smallest absolute Gasteiger partial charge is 0.242 e. The van der Waals surface area contributed by atoms with Crippen molar-refractivity contribution in [2.75, 3.05) is 20.3 Å². The molecule has 116 valence electrons. The number of rotatable bonds is 6. The van der Waals surface area contributed by atoms with Gasteiger partial charge in [0, 0.05) is 18.7 Å². The van der Waals surface area contributed by atoms with Crippen molar-refractivity contribution in [1.82, 2.24) is 4.72 Å². The van der Waals surface area contributed by atoms with Gasteiger partial charge in [0.15, 0.2) is 0 Å². The highest BCUT2D eigenvalue weighted by Crippen LogP contribution is 2.22. The number of methoxy groups -OCH3 is 1. The second-order valence-electron chi connectivity index (χ2n) is 4.29. The molecule has 0 aliphatic heterocycles. The molecular weight excluding hydrogens is 314 g/mol. The Morgan fingerprint density at radius 1 is 1.48 bits per heavy atom. The first-order valence-corrected chi connectivity index (χ1v) is 8.21. The Balaban J connectivity index is 3.03. The molecule has 0 aliphatic carbocycles. The lowest BCUT2D eigenvalue weighted by molar-refractivity contribution is 0.173. The van der Waals surface area contributed by atoms with Crippen LogP contribution in [0.4, 0.5) is 0 Å². The minimum absolute atomic E-state index is 0.00623. The standard InChI is InChI=1S/C14H18ClNO4S/c1-3-12(10-20-2)16-21(18,19)14-7-6-11(5-4-8-17)9-13(14)15/h6-7,9,12,16-17H,3,8,10H2,1-2H3. The Hall–Kier alpha value is -1.10. The maximum Gasteiger partial charge on any atom is 0.242 e. The number of ether oxygens (including phenoxy) is 1. The van der Waals surface area contributed by atoms with Gasteiger partial charge in [0.25, 0.3) is 0 Å². The molecule has 0 radical (unpaired) electrons. The lowest BCUT2D eigenvalue weighted by Crippen LogP contribution is -2.37. The molecule has 1 rings (SSSR count). The van der Waals surface area contributed by atoms with E-state index in [-0.39, 0.29) is 29.2 Å². The quantitative estimate of drug-likeness (QED) is 0.772. The Morgan fingerprint density at radius 3 is 2.71 bits per heavy atom. The van der Waals surface area contributed by atoms with Gasteiger partial charge in [-0.2, -0.15) is 0 Å². The molecule has 5 nitrogen and oxygen atoms in total. The number of aliphatic hydroxyl groups excluding tert-OH is 1. The van der Waals surface area contributed by atoms with Crippen LogP contribution in [-0.2, 0) is 14.8 Å². The van der Waals surface area contributed by atoms with Gasteiger partial charge in [0.2, 0.25) is 10.0 Å². The molecule has 0 fully saturated rings. The van der Waals surface area contributed by atoms with Crippen LogP contribution in [0.3, 0.4) is 0 Å². The normalized spacial score (nSPS) is 12.6. The number of sulfonamides is 1. The highest BCUT2D eigenvalue weighted by atomic mass is 35.5. The zero-order valence-electron chi connectivity index (χ0n) is 11.9. The van der Waals surface area contributed by atoms with Crippen LogP contribution in [0.1, 0.15) is 18.9 Å². The Labute approximate surface area is 130 Å². The van der Waals surface area contributed by atoms with Gasteiger partial charge in [-0.25, -0.2) is 13.1 Å². The fraction of sp³-hybridized carbons (Fsp3) is 0.429. The summed E-state index contributed by atoms with van der Waals surface area (Å²) in [4.78, 5) is -0.00623. The van der Waals surface area contributed by atoms with Crippen molar-refractivity contribution in [2.24, 2.45) is 0 Å². The lowest BCUT2D eigenvalue weighted by atomic mass is 10.2. The molecule has 0 spiro atoms. The number of halogens is 1. The van der Waals surface area contributed by atoms with E-state index in [9.17, 15) is 8.42 Å². The van der Waals surface area contributed by atoms with Crippen molar-refractivity contribution in [2.45, 2.75) is 24.3 Å². The summed E-state index contributed by atoms with van der Waals surface area (Å²) in [5.41, 5.74) is 0.539. The molecule has 1 atom stereocenters. The molecule has 0 heterocycles. The summed E-state index contributed by atoms with van der Waals surface area (Å²) in [6.45, 7) is 1.88. The number of hydrogen-bond acceptors (Lipinski definition) is 4. The summed E-state index contributed by atoms with van der Waals surface area (Å²) in [5, 5.41) is 8.72. The van der Waals surface area contributed by atoms with Crippen molar-refractivity contribution in [1.29, 1.82) is 0 Å². The Morgan fingerprint density at radius 2 is 2.19 bits per heavy atom. The highest BCUT2D eigenvalue weighted by Gasteiger charge is 2.21. The first-order valence-electron chi connectivity index (χ1n) is 6.35. The van der Waals surface area contributed by atoms with Gasteiger partial charge in [-0.3, -0.25) is 0 Å². The molecule has 0 saturated heterocycles. The molecule has 1 aromatic carbocycles. The van der Waals surface area contributed by atoms with E-state index in [0.717, 1.165) is 0 Å². The first-order chi connectivity index (χ1) is 9.94. The predicted octanol–water partition coefficient (Wildman–Crippen LogP) is 1.39. The lowest BCUT2D eigenvalue weighted by Gasteiger charge is -2.16. The third kappa shape index (κ3) is 5.30. The van der Waals surface area contributed by atoms with E-state index < -0.39 is 10.0 Å². The van der Waals surface area contributed by atoms with Crippen LogP contribution >= 0.6 is 11.6 Å². The van der Waals surface area contributed by atoms with E-state index in [0.29, 0.717) is 12.0 Å². The molecule has 0 saturated carbocycles. The molecule has 0 bridgehead atoms. The summed E-state index contributed by atoms with van der Waals surface area (Å²) in [5.74, 6) is 5.14. The van der Waals surface area contributed by atoms with Gasteiger partial charge < -0.3 is 9.84 Å². The van der Waals surface area contributed by atoms with E-state index in [1.165, 1.54) is 19.2 Å². The minimum atomic E-state index is -3.72. The van der Waals surface area contributed by atoms with E-state index >= 15 is 0 Å². The highest BCUT2D eigenvalue weighted by molar-refractivity contribution is 7.89. The van der Waals surface area contributed by atoms with Gasteiger partial charge in [-0.05, 0) is 24.6 Å². The van der Waals surface area contributed by atoms with Gasteiger partial charge in [-0.15, -0.1) is 0 Å². The maximum atomic E-state index is 12.3. The molecular formula is C14H18ClNO4S. The second-order valence-corrected chi connectivity index (χ2v) is 6.38. The summed E-state index contributed by atoms with van der Waals surface area (Å²) in [6, 6.07) is 4.08. The first kappa shape index (κ1) is 18.0. The van der Waals surface area contributed by atoms with E-state index in [1.54, 1.807) is 6.07 Å². The molecule has 21 heavy (non-hydrogen) atoms. The van der Waals surface area contributed by atoms with Gasteiger partial charge in [0.05, 0.1) is 11.6 Å². The number of aliphatic hydroxyl groups is 1. The van der Waals surface area contributed by atoms with E-state index in [2.05, 4.69) is 16.6 Å². The summed E-state index contributed by atoms with van der Waals surface area (Å²) in [6.07, 6.45) is 0.602. The van der Waals surface area contributed by atoms with E-state index in [4.69, 9.17) is 21.4 Å². The molecule has 0 aliphatic rings. The fourth-order valence-corrected chi connectivity index (χ4v) is 3.51. The summed E-state index contributed by atoms with van der Waals surface area (Å²) in [7, 11) is -2.21. The largest absolute Gasteiger partial charge is 0.384 e. The van der Waals surface area contributed by atoms with Crippen LogP contribution in [0.5, 0.6) is 0 Å². The molecule has 0 aromatic heterocycles. The van der Waals surface area contributed by atoms with Gasteiger partial charge in [0.1, 0.15) is 11.5 Å². The fourth-order valence-electron chi connectivity index (χ4n) is 1.66. The summed E-state index contributed by atoms with van der Waals surface area (Å²) < 4.78 is 32.1. The third-order valence-electron chi connectivity index (χ3n) is 2.72. The monoisotopic (exact) mass is 331 g/mol. The number of nitrogens with one attached hydrogen (secondary N) is 1. The minimum Gasteiger partial charge on any atom is -0.384 e. The molecule has 1 aromatic rings. The SMILES string of the molecule is CCC(COC)NS(=O)(=O)c1ccc(C#CCO)cc1Cl. The zero-order chi connectivity index (χ0) is 15.9. The predicted molar refractivity (Wildman–Crippen MR) is 81.7 cm³/mol. The topological polar surface area (TPSA) is 75.6 Å². The molecule has 7 heteroatoms. The van der Waals surface area contributed by atoms with E-state index in [1.807, 2.05) is 6.92 Å². The van der Waals surface area contributed by atoms with Crippen molar-refractivity contribution in [3.05, 3.63) is 28.8 Å². The third-order valence-corrected chi connectivity index (χ3v) is 4.72. The maximum absolute atomic E-state index is 12.3. The van der Waals surface area contributed by atoms with Crippen molar-refractivity contribution < 1.29 is 18.3 Å². The second kappa shape index (κ2) is 8.37. The number of hydrogen-bond donors (Lipinski definition) is 2.